The van der Waals surface area contributed by atoms with E-state index in [1.807, 2.05) is 12.1 Å². The number of hydrogen-bond donors (Lipinski definition) is 4. The maximum atomic E-state index is 11.6. The molecule has 0 spiro atoms. The van der Waals surface area contributed by atoms with Crippen molar-refractivity contribution in [3.8, 4) is 23.6 Å². The molecule has 6 heteroatoms. The van der Waals surface area contributed by atoms with Gasteiger partial charge in [-0.2, -0.15) is 0 Å². The summed E-state index contributed by atoms with van der Waals surface area (Å²) in [5.41, 5.74) is 2.05. The van der Waals surface area contributed by atoms with Crippen LogP contribution in [-0.4, -0.2) is 29.2 Å². The van der Waals surface area contributed by atoms with E-state index in [2.05, 4.69) is 26.8 Å². The van der Waals surface area contributed by atoms with E-state index in [1.54, 1.807) is 12.1 Å². The lowest BCUT2D eigenvalue weighted by Crippen LogP contribution is -2.28. The Morgan fingerprint density at radius 1 is 1.25 bits per heavy atom. The minimum absolute atomic E-state index is 0.164. The number of terminal acetylenes is 1. The topological polar surface area (TPSA) is 89.8 Å². The van der Waals surface area contributed by atoms with Crippen LogP contribution in [0.1, 0.15) is 0 Å². The Bertz CT molecular complexity index is 676. The van der Waals surface area contributed by atoms with Gasteiger partial charge < -0.3 is 5.32 Å². The molecule has 0 radical (unpaired) electrons. The third kappa shape index (κ3) is 3.60. The number of carbonyl (C=O) groups is 1. The molecule has 0 atom stereocenters. The second kappa shape index (κ2) is 6.41. The SMILES string of the molecule is C#CCNCC(=O)Nc1ccc(-c2cc(=O)[nH][nH]2)cc1. The first kappa shape index (κ1) is 13.6. The highest BCUT2D eigenvalue weighted by Gasteiger charge is 2.03. The average molecular weight is 270 g/mol. The molecule has 0 aliphatic rings. The molecular formula is C14H14N4O2. The van der Waals surface area contributed by atoms with Crippen LogP contribution in [0.5, 0.6) is 0 Å². The lowest BCUT2D eigenvalue weighted by atomic mass is 10.1. The first-order chi connectivity index (χ1) is 9.69. The summed E-state index contributed by atoms with van der Waals surface area (Å²) in [6.07, 6.45) is 5.07. The molecule has 20 heavy (non-hydrogen) atoms. The normalized spacial score (nSPS) is 9.95. The Labute approximate surface area is 115 Å². The Morgan fingerprint density at radius 3 is 2.60 bits per heavy atom. The predicted octanol–water partition coefficient (Wildman–Crippen LogP) is 0.531. The smallest absolute Gasteiger partial charge is 0.264 e. The van der Waals surface area contributed by atoms with E-state index in [1.165, 1.54) is 6.07 Å². The van der Waals surface area contributed by atoms with Crippen LogP contribution in [0.25, 0.3) is 11.3 Å². The lowest BCUT2D eigenvalue weighted by Gasteiger charge is -2.06. The highest BCUT2D eigenvalue weighted by Crippen LogP contribution is 2.17. The average Bonchev–Trinajstić information content (AvgIpc) is 2.86. The van der Waals surface area contributed by atoms with Crippen molar-refractivity contribution in [3.05, 3.63) is 40.7 Å². The van der Waals surface area contributed by atoms with Gasteiger partial charge in [0.25, 0.3) is 5.56 Å². The Kier molecular flexibility index (Phi) is 4.37. The number of benzene rings is 1. The molecule has 0 saturated heterocycles. The quantitative estimate of drug-likeness (QED) is 0.472. The summed E-state index contributed by atoms with van der Waals surface area (Å²) in [5.74, 6) is 2.23. The number of anilines is 1. The van der Waals surface area contributed by atoms with Gasteiger partial charge in [-0.3, -0.25) is 25.1 Å². The summed E-state index contributed by atoms with van der Waals surface area (Å²) in [6.45, 7) is 0.518. The van der Waals surface area contributed by atoms with E-state index in [4.69, 9.17) is 6.42 Å². The van der Waals surface area contributed by atoms with Crippen molar-refractivity contribution >= 4 is 11.6 Å². The standard InChI is InChI=1S/C14H14N4O2/c1-2-7-15-9-14(20)16-11-5-3-10(4-6-11)12-8-13(19)18-17-12/h1,3-6,8,15H,7,9H2,(H,16,20)(H2,17,18,19). The Hall–Kier alpha value is -2.78. The van der Waals surface area contributed by atoms with Crippen LogP contribution in [-0.2, 0) is 4.79 Å². The largest absolute Gasteiger partial charge is 0.325 e. The summed E-state index contributed by atoms with van der Waals surface area (Å²) in [7, 11) is 0. The van der Waals surface area contributed by atoms with Gasteiger partial charge in [-0.1, -0.05) is 18.1 Å². The van der Waals surface area contributed by atoms with Gasteiger partial charge in [-0.25, -0.2) is 0 Å². The van der Waals surface area contributed by atoms with Crippen molar-refractivity contribution in [2.24, 2.45) is 0 Å². The minimum atomic E-state index is -0.183. The van der Waals surface area contributed by atoms with E-state index < -0.39 is 0 Å². The van der Waals surface area contributed by atoms with E-state index in [0.717, 1.165) is 5.56 Å². The second-order valence-electron chi connectivity index (χ2n) is 4.11. The van der Waals surface area contributed by atoms with Crippen LogP contribution in [0.3, 0.4) is 0 Å². The molecule has 1 heterocycles. The van der Waals surface area contributed by atoms with Crippen LogP contribution < -0.4 is 16.2 Å². The first-order valence-corrected chi connectivity index (χ1v) is 6.01. The summed E-state index contributed by atoms with van der Waals surface area (Å²) in [4.78, 5) is 22.6. The van der Waals surface area contributed by atoms with Crippen LogP contribution in [0.2, 0.25) is 0 Å². The number of carbonyl (C=O) groups excluding carboxylic acids is 1. The maximum absolute atomic E-state index is 11.6. The molecule has 1 aromatic heterocycles. The van der Waals surface area contributed by atoms with Crippen molar-refractivity contribution < 1.29 is 4.79 Å². The van der Waals surface area contributed by atoms with Crippen molar-refractivity contribution in [1.82, 2.24) is 15.5 Å². The van der Waals surface area contributed by atoms with Crippen LogP contribution in [0.4, 0.5) is 5.69 Å². The van der Waals surface area contributed by atoms with Gasteiger partial charge in [-0.15, -0.1) is 6.42 Å². The molecule has 0 bridgehead atoms. The van der Waals surface area contributed by atoms with Crippen molar-refractivity contribution in [3.63, 3.8) is 0 Å². The van der Waals surface area contributed by atoms with Gasteiger partial charge in [-0.05, 0) is 17.7 Å². The summed E-state index contributed by atoms with van der Waals surface area (Å²) in [6, 6.07) is 8.62. The molecule has 1 aromatic carbocycles. The number of hydrogen-bond acceptors (Lipinski definition) is 3. The van der Waals surface area contributed by atoms with Gasteiger partial charge >= 0.3 is 0 Å². The zero-order valence-corrected chi connectivity index (χ0v) is 10.7. The van der Waals surface area contributed by atoms with Gasteiger partial charge in [0.1, 0.15) is 0 Å². The molecule has 0 aliphatic heterocycles. The van der Waals surface area contributed by atoms with Gasteiger partial charge in [0.05, 0.1) is 18.8 Å². The lowest BCUT2D eigenvalue weighted by molar-refractivity contribution is -0.115. The van der Waals surface area contributed by atoms with E-state index in [-0.39, 0.29) is 18.0 Å². The number of rotatable bonds is 5. The van der Waals surface area contributed by atoms with Gasteiger partial charge in [0, 0.05) is 11.8 Å². The van der Waals surface area contributed by atoms with Crippen molar-refractivity contribution in [2.45, 2.75) is 0 Å². The number of amides is 1. The summed E-state index contributed by atoms with van der Waals surface area (Å²) < 4.78 is 0. The van der Waals surface area contributed by atoms with Crippen molar-refractivity contribution in [1.29, 1.82) is 0 Å². The zero-order valence-electron chi connectivity index (χ0n) is 10.7. The van der Waals surface area contributed by atoms with Crippen molar-refractivity contribution in [2.75, 3.05) is 18.4 Å². The molecule has 2 rings (SSSR count). The highest BCUT2D eigenvalue weighted by atomic mass is 16.2. The third-order valence-corrected chi connectivity index (χ3v) is 2.59. The third-order valence-electron chi connectivity index (χ3n) is 2.59. The van der Waals surface area contributed by atoms with Crippen LogP contribution in [0.15, 0.2) is 35.1 Å². The second-order valence-corrected chi connectivity index (χ2v) is 4.11. The number of aromatic nitrogens is 2. The summed E-state index contributed by atoms with van der Waals surface area (Å²) in [5, 5.41) is 10.8. The molecule has 0 saturated carbocycles. The number of nitrogens with one attached hydrogen (secondary N) is 4. The van der Waals surface area contributed by atoms with E-state index in [9.17, 15) is 9.59 Å². The monoisotopic (exact) mass is 270 g/mol. The molecule has 2 aromatic rings. The molecular weight excluding hydrogens is 256 g/mol. The predicted molar refractivity (Wildman–Crippen MR) is 77.2 cm³/mol. The Morgan fingerprint density at radius 2 is 2.00 bits per heavy atom. The highest BCUT2D eigenvalue weighted by molar-refractivity contribution is 5.92. The summed E-state index contributed by atoms with van der Waals surface area (Å²) >= 11 is 0. The first-order valence-electron chi connectivity index (χ1n) is 6.01. The molecule has 4 N–H and O–H groups in total. The molecule has 0 aliphatic carbocycles. The van der Waals surface area contributed by atoms with Crippen LogP contribution >= 0.6 is 0 Å². The fraction of sp³-hybridized carbons (Fsp3) is 0.143. The molecule has 6 nitrogen and oxygen atoms in total. The zero-order chi connectivity index (χ0) is 14.4. The maximum Gasteiger partial charge on any atom is 0.264 e. The van der Waals surface area contributed by atoms with Gasteiger partial charge in [0.2, 0.25) is 5.91 Å². The fourth-order valence-corrected chi connectivity index (χ4v) is 1.67. The van der Waals surface area contributed by atoms with E-state index >= 15 is 0 Å². The molecule has 1 amide bonds. The Balaban J connectivity index is 1.97. The fourth-order valence-electron chi connectivity index (χ4n) is 1.67. The number of aromatic amines is 2. The number of H-pyrrole nitrogens is 2. The van der Waals surface area contributed by atoms with E-state index in [0.29, 0.717) is 17.9 Å². The minimum Gasteiger partial charge on any atom is -0.325 e. The van der Waals surface area contributed by atoms with Gasteiger partial charge in [0.15, 0.2) is 0 Å². The van der Waals surface area contributed by atoms with Crippen LogP contribution in [0, 0.1) is 12.3 Å². The molecule has 0 unspecified atom stereocenters. The molecule has 0 fully saturated rings. The molecule has 102 valence electrons.